The molecule has 1 heterocycles. The summed E-state index contributed by atoms with van der Waals surface area (Å²) in [6.07, 6.45) is 2.01. The van der Waals surface area contributed by atoms with Crippen molar-refractivity contribution >= 4 is 0 Å². The lowest BCUT2D eigenvalue weighted by atomic mass is 9.85. The van der Waals surface area contributed by atoms with Crippen LogP contribution >= 0.6 is 0 Å². The number of aliphatic hydroxyl groups excluding tert-OH is 1. The van der Waals surface area contributed by atoms with Crippen LogP contribution in [0, 0.1) is 0 Å². The van der Waals surface area contributed by atoms with Crippen molar-refractivity contribution < 1.29 is 19.3 Å². The molecule has 0 radical (unpaired) electrons. The van der Waals surface area contributed by atoms with E-state index in [0.717, 1.165) is 43.1 Å². The monoisotopic (exact) mass is 280 g/mol. The van der Waals surface area contributed by atoms with Gasteiger partial charge in [0.25, 0.3) is 0 Å². The molecule has 0 amide bonds. The Labute approximate surface area is 120 Å². The highest BCUT2D eigenvalue weighted by molar-refractivity contribution is 5.45. The molecule has 1 aromatic carbocycles. The summed E-state index contributed by atoms with van der Waals surface area (Å²) in [5.74, 6) is 1.48. The van der Waals surface area contributed by atoms with Crippen molar-refractivity contribution in [1.82, 2.24) is 0 Å². The van der Waals surface area contributed by atoms with E-state index in [1.807, 2.05) is 32.0 Å². The maximum Gasteiger partial charge on any atom is 0.161 e. The van der Waals surface area contributed by atoms with Crippen LogP contribution in [0.1, 0.15) is 32.3 Å². The average Bonchev–Trinajstić information content (AvgIpc) is 2.48. The fraction of sp³-hybridized carbons (Fsp3) is 0.625. The normalized spacial score (nSPS) is 17.0. The molecule has 0 spiro atoms. The summed E-state index contributed by atoms with van der Waals surface area (Å²) in [6, 6.07) is 5.87. The van der Waals surface area contributed by atoms with E-state index in [9.17, 15) is 5.11 Å². The predicted octanol–water partition coefficient (Wildman–Crippen LogP) is 2.52. The summed E-state index contributed by atoms with van der Waals surface area (Å²) in [6.45, 7) is 5.60. The van der Waals surface area contributed by atoms with E-state index in [1.54, 1.807) is 7.11 Å². The molecule has 0 atom stereocenters. The molecule has 0 aliphatic carbocycles. The van der Waals surface area contributed by atoms with Gasteiger partial charge in [-0.1, -0.05) is 19.9 Å². The summed E-state index contributed by atoms with van der Waals surface area (Å²) < 4.78 is 16.8. The van der Waals surface area contributed by atoms with Crippen LogP contribution in [-0.2, 0) is 10.2 Å². The summed E-state index contributed by atoms with van der Waals surface area (Å²) in [4.78, 5) is 0. The molecule has 20 heavy (non-hydrogen) atoms. The number of hydrogen-bond acceptors (Lipinski definition) is 4. The van der Waals surface area contributed by atoms with Crippen LogP contribution in [0.4, 0.5) is 0 Å². The average molecular weight is 280 g/mol. The van der Waals surface area contributed by atoms with Gasteiger partial charge in [0.1, 0.15) is 6.10 Å². The van der Waals surface area contributed by atoms with Gasteiger partial charge < -0.3 is 19.3 Å². The van der Waals surface area contributed by atoms with Gasteiger partial charge in [-0.25, -0.2) is 0 Å². The van der Waals surface area contributed by atoms with E-state index in [-0.39, 0.29) is 18.1 Å². The second-order valence-electron chi connectivity index (χ2n) is 5.84. The van der Waals surface area contributed by atoms with E-state index in [2.05, 4.69) is 0 Å². The van der Waals surface area contributed by atoms with Crippen LogP contribution in [0.15, 0.2) is 18.2 Å². The SMILES string of the molecule is COc1cc(C(C)(C)CO)ccc1OC1CCOCC1. The summed E-state index contributed by atoms with van der Waals surface area (Å²) in [5.41, 5.74) is 0.751. The number of rotatable bonds is 5. The fourth-order valence-corrected chi connectivity index (χ4v) is 2.25. The predicted molar refractivity (Wildman–Crippen MR) is 77.6 cm³/mol. The van der Waals surface area contributed by atoms with Crippen molar-refractivity contribution in [1.29, 1.82) is 0 Å². The molecule has 4 nitrogen and oxygen atoms in total. The van der Waals surface area contributed by atoms with Crippen LogP contribution in [0.2, 0.25) is 0 Å². The minimum atomic E-state index is -0.287. The molecule has 1 aliphatic rings. The van der Waals surface area contributed by atoms with Gasteiger partial charge in [0.05, 0.1) is 26.9 Å². The molecule has 4 heteroatoms. The van der Waals surface area contributed by atoms with Crippen LogP contribution in [0.5, 0.6) is 11.5 Å². The van der Waals surface area contributed by atoms with E-state index >= 15 is 0 Å². The van der Waals surface area contributed by atoms with Gasteiger partial charge in [0.2, 0.25) is 0 Å². The Kier molecular flexibility index (Phi) is 4.89. The summed E-state index contributed by atoms with van der Waals surface area (Å²) >= 11 is 0. The molecule has 1 saturated heterocycles. The third-order valence-corrected chi connectivity index (χ3v) is 3.80. The van der Waals surface area contributed by atoms with Crippen LogP contribution in [0.25, 0.3) is 0 Å². The Morgan fingerprint density at radius 2 is 1.95 bits per heavy atom. The van der Waals surface area contributed by atoms with Gasteiger partial charge in [-0.2, -0.15) is 0 Å². The Balaban J connectivity index is 2.17. The van der Waals surface area contributed by atoms with Crippen LogP contribution < -0.4 is 9.47 Å². The molecular formula is C16H24O4. The molecule has 1 aromatic rings. The highest BCUT2D eigenvalue weighted by atomic mass is 16.5. The number of methoxy groups -OCH3 is 1. The number of ether oxygens (including phenoxy) is 3. The second-order valence-corrected chi connectivity index (χ2v) is 5.84. The number of benzene rings is 1. The highest BCUT2D eigenvalue weighted by Gasteiger charge is 2.22. The quantitative estimate of drug-likeness (QED) is 0.900. The zero-order chi connectivity index (χ0) is 14.6. The lowest BCUT2D eigenvalue weighted by Crippen LogP contribution is -2.26. The van der Waals surface area contributed by atoms with Gasteiger partial charge in [0, 0.05) is 18.3 Å². The minimum Gasteiger partial charge on any atom is -0.493 e. The maximum atomic E-state index is 9.46. The lowest BCUT2D eigenvalue weighted by Gasteiger charge is -2.26. The van der Waals surface area contributed by atoms with Gasteiger partial charge in [0.15, 0.2) is 11.5 Å². The largest absolute Gasteiger partial charge is 0.493 e. The molecule has 2 rings (SSSR count). The Bertz CT molecular complexity index is 436. The Morgan fingerprint density at radius 1 is 1.25 bits per heavy atom. The fourth-order valence-electron chi connectivity index (χ4n) is 2.25. The molecule has 1 aliphatic heterocycles. The summed E-state index contributed by atoms with van der Waals surface area (Å²) in [7, 11) is 1.64. The van der Waals surface area contributed by atoms with Crippen molar-refractivity contribution in [3.63, 3.8) is 0 Å². The zero-order valence-corrected chi connectivity index (χ0v) is 12.5. The van der Waals surface area contributed by atoms with Crippen molar-refractivity contribution in [3.05, 3.63) is 23.8 Å². The first-order valence-corrected chi connectivity index (χ1v) is 7.10. The second kappa shape index (κ2) is 6.46. The Hall–Kier alpha value is -1.26. The van der Waals surface area contributed by atoms with Crippen LogP contribution in [0.3, 0.4) is 0 Å². The maximum absolute atomic E-state index is 9.46. The molecule has 112 valence electrons. The van der Waals surface area contributed by atoms with Gasteiger partial charge in [-0.15, -0.1) is 0 Å². The minimum absolute atomic E-state index is 0.0936. The highest BCUT2D eigenvalue weighted by Crippen LogP contribution is 2.34. The summed E-state index contributed by atoms with van der Waals surface area (Å²) in [5, 5.41) is 9.46. The zero-order valence-electron chi connectivity index (χ0n) is 12.5. The third kappa shape index (κ3) is 3.44. The first kappa shape index (κ1) is 15.1. The molecular weight excluding hydrogens is 256 g/mol. The standard InChI is InChI=1S/C16H24O4/c1-16(2,11-17)12-4-5-14(15(10-12)18-3)20-13-6-8-19-9-7-13/h4-5,10,13,17H,6-9,11H2,1-3H3. The molecule has 0 aromatic heterocycles. The van der Waals surface area contributed by atoms with Gasteiger partial charge in [-0.05, 0) is 17.7 Å². The Morgan fingerprint density at radius 3 is 2.55 bits per heavy atom. The van der Waals surface area contributed by atoms with Crippen molar-refractivity contribution in [3.8, 4) is 11.5 Å². The lowest BCUT2D eigenvalue weighted by molar-refractivity contribution is 0.0245. The van der Waals surface area contributed by atoms with Gasteiger partial charge in [-0.3, -0.25) is 0 Å². The number of hydrogen-bond donors (Lipinski definition) is 1. The topological polar surface area (TPSA) is 47.9 Å². The van der Waals surface area contributed by atoms with Crippen molar-refractivity contribution in [2.24, 2.45) is 0 Å². The van der Waals surface area contributed by atoms with E-state index in [1.165, 1.54) is 0 Å². The first-order valence-electron chi connectivity index (χ1n) is 7.10. The first-order chi connectivity index (χ1) is 9.56. The third-order valence-electron chi connectivity index (χ3n) is 3.80. The van der Waals surface area contributed by atoms with Crippen molar-refractivity contribution in [2.75, 3.05) is 26.9 Å². The molecule has 1 N–H and O–H groups in total. The molecule has 0 saturated carbocycles. The van der Waals surface area contributed by atoms with E-state index in [0.29, 0.717) is 0 Å². The van der Waals surface area contributed by atoms with E-state index < -0.39 is 0 Å². The van der Waals surface area contributed by atoms with Crippen LogP contribution in [-0.4, -0.2) is 38.1 Å². The molecule has 0 bridgehead atoms. The number of aliphatic hydroxyl groups is 1. The van der Waals surface area contributed by atoms with E-state index in [4.69, 9.17) is 14.2 Å². The molecule has 0 unspecified atom stereocenters. The van der Waals surface area contributed by atoms with Crippen molar-refractivity contribution in [2.45, 2.75) is 38.2 Å². The van der Waals surface area contributed by atoms with Gasteiger partial charge >= 0.3 is 0 Å². The molecule has 1 fully saturated rings. The smallest absolute Gasteiger partial charge is 0.161 e.